The first kappa shape index (κ1) is 22.7. The second-order valence-corrected chi connectivity index (χ2v) is 7.78. The average Bonchev–Trinajstić information content (AvgIpc) is 3.20. The Hall–Kier alpha value is -3.99. The predicted octanol–water partition coefficient (Wildman–Crippen LogP) is 3.07. The maximum atomic E-state index is 12.3. The van der Waals surface area contributed by atoms with Crippen molar-refractivity contribution >= 4 is 50.6 Å². The van der Waals surface area contributed by atoms with Crippen molar-refractivity contribution in [2.24, 2.45) is 0 Å². The Kier molecular flexibility index (Phi) is 7.00. The number of fused-ring (bicyclic) bond motifs is 1. The van der Waals surface area contributed by atoms with Gasteiger partial charge in [-0.2, -0.15) is 0 Å². The summed E-state index contributed by atoms with van der Waals surface area (Å²) in [5, 5.41) is 14.1. The number of carbonyl (C=O) groups excluding carboxylic acids is 3. The molecule has 0 saturated carbocycles. The first-order valence-corrected chi connectivity index (χ1v) is 10.1. The number of carbonyl (C=O) groups is 3. The predicted molar refractivity (Wildman–Crippen MR) is 118 cm³/mol. The normalized spacial score (nSPS) is 10.4. The Morgan fingerprint density at radius 3 is 2.66 bits per heavy atom. The molecular weight excluding hydrogens is 438 g/mol. The van der Waals surface area contributed by atoms with E-state index in [9.17, 15) is 24.5 Å². The summed E-state index contributed by atoms with van der Waals surface area (Å²) in [6.07, 6.45) is 0. The number of amides is 2. The second kappa shape index (κ2) is 9.88. The number of likely N-dealkylation sites (N-methyl/N-ethyl adjacent to an activating group) is 1. The van der Waals surface area contributed by atoms with Gasteiger partial charge in [-0.25, -0.2) is 4.79 Å². The van der Waals surface area contributed by atoms with E-state index in [2.05, 4.69) is 5.32 Å². The summed E-state index contributed by atoms with van der Waals surface area (Å²) in [6, 6.07) is 12.5. The van der Waals surface area contributed by atoms with E-state index in [0.717, 1.165) is 16.2 Å². The van der Waals surface area contributed by atoms with Crippen LogP contribution in [-0.2, 0) is 14.3 Å². The molecule has 1 aromatic heterocycles. The van der Waals surface area contributed by atoms with Gasteiger partial charge in [0.05, 0.1) is 18.6 Å². The summed E-state index contributed by atoms with van der Waals surface area (Å²) < 4.78 is 10.8. The van der Waals surface area contributed by atoms with Crippen molar-refractivity contribution in [3.63, 3.8) is 0 Å². The number of rotatable bonds is 8. The molecule has 0 bridgehead atoms. The number of nitrogens with one attached hydrogen (secondary N) is 1. The molecule has 2 amide bonds. The molecule has 0 spiro atoms. The summed E-state index contributed by atoms with van der Waals surface area (Å²) in [7, 11) is 2.93. The molecule has 32 heavy (non-hydrogen) atoms. The maximum absolute atomic E-state index is 12.3. The smallest absolute Gasteiger partial charge is 0.348 e. The lowest BCUT2D eigenvalue weighted by Gasteiger charge is -2.16. The SMILES string of the molecule is COc1cccc(NC(=O)CN(C)C(=O)COC(=O)c2cc3cc([N+](=O)[O-])ccc3s2)c1. The Bertz CT molecular complexity index is 1190. The molecule has 2 aromatic carbocycles. The molecule has 0 aliphatic heterocycles. The first-order valence-electron chi connectivity index (χ1n) is 9.30. The quantitative estimate of drug-likeness (QED) is 0.313. The van der Waals surface area contributed by atoms with Gasteiger partial charge in [0.2, 0.25) is 5.91 Å². The zero-order chi connectivity index (χ0) is 23.3. The van der Waals surface area contributed by atoms with Crippen LogP contribution in [0, 0.1) is 10.1 Å². The lowest BCUT2D eigenvalue weighted by molar-refractivity contribution is -0.384. The summed E-state index contributed by atoms with van der Waals surface area (Å²) in [5.41, 5.74) is 0.436. The van der Waals surface area contributed by atoms with Crippen LogP contribution in [0.5, 0.6) is 5.75 Å². The third-order valence-electron chi connectivity index (χ3n) is 4.40. The van der Waals surface area contributed by atoms with Gasteiger partial charge in [0, 0.05) is 41.0 Å². The van der Waals surface area contributed by atoms with E-state index in [1.807, 2.05) is 0 Å². The summed E-state index contributed by atoms with van der Waals surface area (Å²) in [5.74, 6) is -1.13. The van der Waals surface area contributed by atoms with E-state index < -0.39 is 29.3 Å². The molecular formula is C21H19N3O7S. The van der Waals surface area contributed by atoms with Gasteiger partial charge in [0.1, 0.15) is 10.6 Å². The Morgan fingerprint density at radius 2 is 1.94 bits per heavy atom. The highest BCUT2D eigenvalue weighted by Gasteiger charge is 2.18. The number of ether oxygens (including phenoxy) is 2. The topological polar surface area (TPSA) is 128 Å². The van der Waals surface area contributed by atoms with Crippen molar-refractivity contribution < 1.29 is 28.8 Å². The highest BCUT2D eigenvalue weighted by Crippen LogP contribution is 2.29. The molecule has 0 radical (unpaired) electrons. The minimum atomic E-state index is -0.726. The van der Waals surface area contributed by atoms with E-state index in [-0.39, 0.29) is 17.1 Å². The number of esters is 1. The molecule has 10 nitrogen and oxygen atoms in total. The third-order valence-corrected chi connectivity index (χ3v) is 5.49. The van der Waals surface area contributed by atoms with Crippen LogP contribution in [-0.4, -0.2) is 54.9 Å². The van der Waals surface area contributed by atoms with Crippen LogP contribution in [0.2, 0.25) is 0 Å². The van der Waals surface area contributed by atoms with Crippen LogP contribution < -0.4 is 10.1 Å². The van der Waals surface area contributed by atoms with Crippen molar-refractivity contribution in [3.05, 3.63) is 63.5 Å². The summed E-state index contributed by atoms with van der Waals surface area (Å²) in [4.78, 5) is 48.4. The van der Waals surface area contributed by atoms with Gasteiger partial charge in [0.25, 0.3) is 11.6 Å². The zero-order valence-corrected chi connectivity index (χ0v) is 18.0. The number of anilines is 1. The monoisotopic (exact) mass is 457 g/mol. The third kappa shape index (κ3) is 5.58. The van der Waals surface area contributed by atoms with Crippen LogP contribution in [0.15, 0.2) is 48.5 Å². The van der Waals surface area contributed by atoms with Crippen molar-refractivity contribution in [1.82, 2.24) is 4.90 Å². The van der Waals surface area contributed by atoms with E-state index in [0.29, 0.717) is 21.5 Å². The van der Waals surface area contributed by atoms with Crippen LogP contribution in [0.1, 0.15) is 9.67 Å². The fraction of sp³-hybridized carbons (Fsp3) is 0.190. The van der Waals surface area contributed by atoms with Gasteiger partial charge in [-0.3, -0.25) is 19.7 Å². The molecule has 0 unspecified atom stereocenters. The van der Waals surface area contributed by atoms with E-state index in [1.54, 1.807) is 30.3 Å². The average molecular weight is 457 g/mol. The number of hydrogen-bond acceptors (Lipinski definition) is 8. The molecule has 0 aliphatic rings. The highest BCUT2D eigenvalue weighted by atomic mass is 32.1. The molecule has 3 rings (SSSR count). The molecule has 0 aliphatic carbocycles. The van der Waals surface area contributed by atoms with Gasteiger partial charge >= 0.3 is 5.97 Å². The molecule has 0 fully saturated rings. The van der Waals surface area contributed by atoms with Gasteiger partial charge in [-0.1, -0.05) is 6.07 Å². The Morgan fingerprint density at radius 1 is 1.16 bits per heavy atom. The van der Waals surface area contributed by atoms with Crippen molar-refractivity contribution in [3.8, 4) is 5.75 Å². The Labute approximate surface area is 186 Å². The number of non-ortho nitro benzene ring substituents is 1. The van der Waals surface area contributed by atoms with Crippen LogP contribution >= 0.6 is 11.3 Å². The zero-order valence-electron chi connectivity index (χ0n) is 17.2. The molecule has 3 aromatic rings. The Balaban J connectivity index is 1.52. The number of methoxy groups -OCH3 is 1. The van der Waals surface area contributed by atoms with Crippen LogP contribution in [0.25, 0.3) is 10.1 Å². The fourth-order valence-electron chi connectivity index (χ4n) is 2.76. The first-order chi connectivity index (χ1) is 15.3. The number of nitrogens with zero attached hydrogens (tertiary/aromatic N) is 2. The van der Waals surface area contributed by atoms with Gasteiger partial charge < -0.3 is 19.7 Å². The summed E-state index contributed by atoms with van der Waals surface area (Å²) in [6.45, 7) is -0.781. The molecule has 1 heterocycles. The molecule has 166 valence electrons. The number of thiophene rings is 1. The number of hydrogen-bond donors (Lipinski definition) is 1. The van der Waals surface area contributed by atoms with Crippen molar-refractivity contribution in [2.45, 2.75) is 0 Å². The van der Waals surface area contributed by atoms with E-state index in [4.69, 9.17) is 9.47 Å². The minimum Gasteiger partial charge on any atom is -0.497 e. The second-order valence-electron chi connectivity index (χ2n) is 6.70. The largest absolute Gasteiger partial charge is 0.497 e. The minimum absolute atomic E-state index is 0.0840. The molecule has 0 atom stereocenters. The standard InChI is InChI=1S/C21H19N3O7S/c1-23(11-19(25)22-14-4-3-5-16(10-14)30-2)20(26)12-31-21(27)18-9-13-8-15(24(28)29)6-7-17(13)32-18/h3-10H,11-12H2,1-2H3,(H,22,25). The summed E-state index contributed by atoms with van der Waals surface area (Å²) >= 11 is 1.10. The van der Waals surface area contributed by atoms with E-state index in [1.165, 1.54) is 32.4 Å². The number of benzene rings is 2. The van der Waals surface area contributed by atoms with Gasteiger partial charge in [-0.05, 0) is 24.3 Å². The van der Waals surface area contributed by atoms with Crippen LogP contribution in [0.4, 0.5) is 11.4 Å². The maximum Gasteiger partial charge on any atom is 0.348 e. The van der Waals surface area contributed by atoms with Crippen LogP contribution in [0.3, 0.4) is 0 Å². The number of nitro benzene ring substituents is 1. The molecule has 1 N–H and O–H groups in total. The lowest BCUT2D eigenvalue weighted by Crippen LogP contribution is -2.37. The van der Waals surface area contributed by atoms with Crippen molar-refractivity contribution in [2.75, 3.05) is 32.6 Å². The van der Waals surface area contributed by atoms with Gasteiger partial charge in [-0.15, -0.1) is 11.3 Å². The fourth-order valence-corrected chi connectivity index (χ4v) is 3.70. The van der Waals surface area contributed by atoms with Crippen molar-refractivity contribution in [1.29, 1.82) is 0 Å². The highest BCUT2D eigenvalue weighted by molar-refractivity contribution is 7.20. The lowest BCUT2D eigenvalue weighted by atomic mass is 10.2. The van der Waals surface area contributed by atoms with Gasteiger partial charge in [0.15, 0.2) is 6.61 Å². The number of nitro groups is 1. The molecule has 11 heteroatoms. The molecule has 0 saturated heterocycles. The van der Waals surface area contributed by atoms with E-state index >= 15 is 0 Å².